The van der Waals surface area contributed by atoms with Gasteiger partial charge in [-0.2, -0.15) is 0 Å². The van der Waals surface area contributed by atoms with Crippen LogP contribution in [0, 0.1) is 0 Å². The Hall–Kier alpha value is -1.98. The number of carbonyl (C=O) groups is 1. The van der Waals surface area contributed by atoms with Gasteiger partial charge in [0.05, 0.1) is 19.2 Å². The molecule has 0 aliphatic heterocycles. The molecule has 0 aliphatic carbocycles. The molecule has 2 rings (SSSR count). The monoisotopic (exact) mass is 295 g/mol. The van der Waals surface area contributed by atoms with Crippen molar-refractivity contribution in [1.29, 1.82) is 0 Å². The number of carboxylic acids is 1. The average molecular weight is 296 g/mol. The van der Waals surface area contributed by atoms with E-state index < -0.39 is 5.97 Å². The number of furan rings is 1. The quantitative estimate of drug-likeness (QED) is 0.857. The topological polar surface area (TPSA) is 71.7 Å². The molecule has 2 N–H and O–H groups in total. The fourth-order valence-corrected chi connectivity index (χ4v) is 2.03. The van der Waals surface area contributed by atoms with Crippen LogP contribution in [-0.4, -0.2) is 18.2 Å². The van der Waals surface area contributed by atoms with Crippen LogP contribution in [0.2, 0.25) is 5.02 Å². The number of rotatable bonds is 6. The number of hydrogen-bond acceptors (Lipinski definition) is 4. The molecule has 6 heteroatoms. The highest BCUT2D eigenvalue weighted by atomic mass is 35.5. The Labute approximate surface area is 121 Å². The molecule has 0 radical (unpaired) electrons. The average Bonchev–Trinajstić information content (AvgIpc) is 2.89. The lowest BCUT2D eigenvalue weighted by Crippen LogP contribution is -2.13. The minimum Gasteiger partial charge on any atom is -0.496 e. The zero-order chi connectivity index (χ0) is 14.5. The van der Waals surface area contributed by atoms with Crippen molar-refractivity contribution in [3.63, 3.8) is 0 Å². The van der Waals surface area contributed by atoms with E-state index in [4.69, 9.17) is 25.9 Å². The predicted molar refractivity (Wildman–Crippen MR) is 74.2 cm³/mol. The Morgan fingerprint density at radius 1 is 1.45 bits per heavy atom. The van der Waals surface area contributed by atoms with Crippen molar-refractivity contribution in [3.05, 3.63) is 52.4 Å². The number of benzene rings is 1. The van der Waals surface area contributed by atoms with Crippen molar-refractivity contribution in [2.75, 3.05) is 7.11 Å². The standard InChI is InChI=1S/C14H14ClNO4/c1-19-13-4-2-3-12(15)11(13)7-16-6-10-5-9(8-20-10)14(17)18/h2-5,8,16H,6-7H2,1H3,(H,17,18). The summed E-state index contributed by atoms with van der Waals surface area (Å²) in [7, 11) is 1.58. The van der Waals surface area contributed by atoms with E-state index in [0.717, 1.165) is 5.56 Å². The number of hydrogen-bond donors (Lipinski definition) is 2. The molecule has 1 aromatic carbocycles. The summed E-state index contributed by atoms with van der Waals surface area (Å²) >= 11 is 6.11. The lowest BCUT2D eigenvalue weighted by Gasteiger charge is -2.10. The normalized spacial score (nSPS) is 10.5. The number of ether oxygens (including phenoxy) is 1. The van der Waals surface area contributed by atoms with E-state index >= 15 is 0 Å². The summed E-state index contributed by atoms with van der Waals surface area (Å²) in [5, 5.41) is 12.5. The summed E-state index contributed by atoms with van der Waals surface area (Å²) in [6.45, 7) is 0.896. The van der Waals surface area contributed by atoms with Gasteiger partial charge in [0.2, 0.25) is 0 Å². The molecule has 106 valence electrons. The second-order valence-electron chi connectivity index (χ2n) is 4.13. The highest BCUT2D eigenvalue weighted by Gasteiger charge is 2.10. The van der Waals surface area contributed by atoms with Crippen LogP contribution in [0.1, 0.15) is 21.7 Å². The van der Waals surface area contributed by atoms with Crippen molar-refractivity contribution >= 4 is 17.6 Å². The highest BCUT2D eigenvalue weighted by molar-refractivity contribution is 6.31. The van der Waals surface area contributed by atoms with E-state index in [2.05, 4.69) is 5.32 Å². The predicted octanol–water partition coefficient (Wildman–Crippen LogP) is 2.93. The zero-order valence-electron chi connectivity index (χ0n) is 10.9. The summed E-state index contributed by atoms with van der Waals surface area (Å²) < 4.78 is 10.4. The third-order valence-electron chi connectivity index (χ3n) is 2.80. The maximum Gasteiger partial charge on any atom is 0.338 e. The molecule has 0 amide bonds. The van der Waals surface area contributed by atoms with Gasteiger partial charge in [0.1, 0.15) is 17.8 Å². The molecule has 0 bridgehead atoms. The molecule has 0 fully saturated rings. The minimum atomic E-state index is -1.01. The van der Waals surface area contributed by atoms with Crippen LogP contribution in [0.15, 0.2) is 34.9 Å². The maximum absolute atomic E-state index is 10.7. The molecule has 0 saturated heterocycles. The van der Waals surface area contributed by atoms with Gasteiger partial charge in [0.15, 0.2) is 0 Å². The molecule has 0 aliphatic rings. The van der Waals surface area contributed by atoms with Crippen LogP contribution < -0.4 is 10.1 Å². The fourth-order valence-electron chi connectivity index (χ4n) is 1.80. The van der Waals surface area contributed by atoms with Crippen LogP contribution in [0.25, 0.3) is 0 Å². The van der Waals surface area contributed by atoms with E-state index in [9.17, 15) is 4.79 Å². The van der Waals surface area contributed by atoms with Gasteiger partial charge in [-0.15, -0.1) is 0 Å². The number of halogens is 1. The van der Waals surface area contributed by atoms with Crippen molar-refractivity contribution in [2.24, 2.45) is 0 Å². The van der Waals surface area contributed by atoms with E-state index in [-0.39, 0.29) is 5.56 Å². The Bertz CT molecular complexity index is 609. The molecule has 0 atom stereocenters. The summed E-state index contributed by atoms with van der Waals surface area (Å²) in [4.78, 5) is 10.7. The minimum absolute atomic E-state index is 0.136. The second kappa shape index (κ2) is 6.45. The van der Waals surface area contributed by atoms with Gasteiger partial charge in [-0.25, -0.2) is 4.79 Å². The molecular formula is C14H14ClNO4. The highest BCUT2D eigenvalue weighted by Crippen LogP contribution is 2.25. The molecule has 1 heterocycles. The van der Waals surface area contributed by atoms with Gasteiger partial charge in [0, 0.05) is 17.1 Å². The lowest BCUT2D eigenvalue weighted by molar-refractivity contribution is 0.0696. The van der Waals surface area contributed by atoms with Crippen LogP contribution in [0.4, 0.5) is 0 Å². The Morgan fingerprint density at radius 3 is 2.90 bits per heavy atom. The first-order valence-electron chi connectivity index (χ1n) is 5.94. The molecular weight excluding hydrogens is 282 g/mol. The fraction of sp³-hybridized carbons (Fsp3) is 0.214. The molecule has 0 saturated carbocycles. The SMILES string of the molecule is COc1cccc(Cl)c1CNCc1cc(C(=O)O)co1. The first-order valence-corrected chi connectivity index (χ1v) is 6.32. The second-order valence-corrected chi connectivity index (χ2v) is 4.54. The van der Waals surface area contributed by atoms with Gasteiger partial charge < -0.3 is 19.6 Å². The first-order chi connectivity index (χ1) is 9.61. The molecule has 0 spiro atoms. The lowest BCUT2D eigenvalue weighted by atomic mass is 10.2. The van der Waals surface area contributed by atoms with Crippen LogP contribution in [0.5, 0.6) is 5.75 Å². The number of carboxylic acid groups (broad SMARTS) is 1. The van der Waals surface area contributed by atoms with Crippen molar-refractivity contribution < 1.29 is 19.1 Å². The molecule has 5 nitrogen and oxygen atoms in total. The Balaban J connectivity index is 1.97. The Morgan fingerprint density at radius 2 is 2.25 bits per heavy atom. The summed E-state index contributed by atoms with van der Waals surface area (Å²) in [5.74, 6) is 0.247. The number of nitrogens with one attached hydrogen (secondary N) is 1. The third-order valence-corrected chi connectivity index (χ3v) is 3.15. The molecule has 20 heavy (non-hydrogen) atoms. The van der Waals surface area contributed by atoms with Gasteiger partial charge in [-0.1, -0.05) is 17.7 Å². The van der Waals surface area contributed by atoms with Gasteiger partial charge in [-0.05, 0) is 18.2 Å². The number of aromatic carboxylic acids is 1. The van der Waals surface area contributed by atoms with E-state index in [1.54, 1.807) is 13.2 Å². The van der Waals surface area contributed by atoms with E-state index in [1.165, 1.54) is 12.3 Å². The summed E-state index contributed by atoms with van der Waals surface area (Å²) in [5.41, 5.74) is 0.985. The van der Waals surface area contributed by atoms with Crippen molar-refractivity contribution in [3.8, 4) is 5.75 Å². The van der Waals surface area contributed by atoms with Gasteiger partial charge in [-0.3, -0.25) is 0 Å². The zero-order valence-corrected chi connectivity index (χ0v) is 11.6. The van der Waals surface area contributed by atoms with E-state index in [1.807, 2.05) is 12.1 Å². The summed E-state index contributed by atoms with van der Waals surface area (Å²) in [6.07, 6.45) is 1.22. The van der Waals surface area contributed by atoms with Crippen LogP contribution >= 0.6 is 11.6 Å². The maximum atomic E-state index is 10.7. The van der Waals surface area contributed by atoms with Gasteiger partial charge >= 0.3 is 5.97 Å². The van der Waals surface area contributed by atoms with Crippen LogP contribution in [0.3, 0.4) is 0 Å². The summed E-state index contributed by atoms with van der Waals surface area (Å²) in [6, 6.07) is 6.92. The third kappa shape index (κ3) is 3.31. The van der Waals surface area contributed by atoms with E-state index in [0.29, 0.717) is 29.6 Å². The van der Waals surface area contributed by atoms with Crippen LogP contribution in [-0.2, 0) is 13.1 Å². The number of methoxy groups -OCH3 is 1. The molecule has 2 aromatic rings. The molecule has 1 aromatic heterocycles. The van der Waals surface area contributed by atoms with Gasteiger partial charge in [0.25, 0.3) is 0 Å². The largest absolute Gasteiger partial charge is 0.496 e. The Kier molecular flexibility index (Phi) is 4.65. The van der Waals surface area contributed by atoms with Crippen molar-refractivity contribution in [2.45, 2.75) is 13.1 Å². The smallest absolute Gasteiger partial charge is 0.338 e. The van der Waals surface area contributed by atoms with Crippen molar-refractivity contribution in [1.82, 2.24) is 5.32 Å². The molecule has 0 unspecified atom stereocenters. The first kappa shape index (κ1) is 14.4.